The average molecular weight is 721 g/mol. The van der Waals surface area contributed by atoms with E-state index in [0.717, 1.165) is 11.4 Å². The topological polar surface area (TPSA) is 186 Å². The molecular formula is C34H40N8O6S2. The highest BCUT2D eigenvalue weighted by atomic mass is 32.2. The van der Waals surface area contributed by atoms with Crippen LogP contribution in [0.15, 0.2) is 127 Å². The Morgan fingerprint density at radius 3 is 1.32 bits per heavy atom. The van der Waals surface area contributed by atoms with Crippen LogP contribution in [-0.4, -0.2) is 68.7 Å². The standard InChI is InChI=1S/C34H40N8O6S2/c1-41(2)29-16-8-25(9-17-29)36-38-27-12-20-31(21-13-27)49(45,46)35-24-6-5-7-33(34(43)44)40-50(47,48)32-22-14-28(15-23-32)39-37-26-10-18-30(19-11-26)42(3)4/h8-23,33,35,40H,5-7,24H2,1-4H3,(H,43,44). The number of carbonyl (C=O) groups is 1. The summed E-state index contributed by atoms with van der Waals surface area (Å²) in [6.45, 7) is 0.0294. The third-order valence-electron chi connectivity index (χ3n) is 7.40. The zero-order valence-corrected chi connectivity index (χ0v) is 29.8. The Hall–Kier alpha value is -5.03. The third kappa shape index (κ3) is 11.0. The van der Waals surface area contributed by atoms with Crippen LogP contribution in [0.5, 0.6) is 0 Å². The second kappa shape index (κ2) is 17.1. The third-order valence-corrected chi connectivity index (χ3v) is 10.4. The van der Waals surface area contributed by atoms with E-state index in [9.17, 15) is 26.7 Å². The number of anilines is 2. The highest BCUT2D eigenvalue weighted by Gasteiger charge is 2.25. The monoisotopic (exact) mass is 720 g/mol. The first kappa shape index (κ1) is 37.8. The summed E-state index contributed by atoms with van der Waals surface area (Å²) in [4.78, 5) is 15.7. The lowest BCUT2D eigenvalue weighted by molar-refractivity contribution is -0.139. The molecule has 0 saturated heterocycles. The van der Waals surface area contributed by atoms with Gasteiger partial charge in [-0.25, -0.2) is 21.6 Å². The van der Waals surface area contributed by atoms with Crippen molar-refractivity contribution in [3.05, 3.63) is 97.1 Å². The average Bonchev–Trinajstić information content (AvgIpc) is 3.09. The minimum absolute atomic E-state index is 0.0294. The highest BCUT2D eigenvalue weighted by Crippen LogP contribution is 2.24. The quantitative estimate of drug-likeness (QED) is 0.0812. The largest absolute Gasteiger partial charge is 0.480 e. The van der Waals surface area contributed by atoms with Gasteiger partial charge in [-0.15, -0.1) is 0 Å². The predicted molar refractivity (Wildman–Crippen MR) is 194 cm³/mol. The summed E-state index contributed by atoms with van der Waals surface area (Å²) < 4.78 is 56.1. The molecule has 264 valence electrons. The molecule has 4 aromatic carbocycles. The van der Waals surface area contributed by atoms with Crippen LogP contribution >= 0.6 is 0 Å². The fourth-order valence-corrected chi connectivity index (χ4v) is 6.80. The zero-order chi connectivity index (χ0) is 36.3. The van der Waals surface area contributed by atoms with Crippen molar-refractivity contribution in [1.29, 1.82) is 0 Å². The number of unbranched alkanes of at least 4 members (excludes halogenated alkanes) is 1. The van der Waals surface area contributed by atoms with Gasteiger partial charge < -0.3 is 14.9 Å². The van der Waals surface area contributed by atoms with Gasteiger partial charge in [-0.05, 0) is 116 Å². The maximum absolute atomic E-state index is 12.9. The van der Waals surface area contributed by atoms with E-state index in [4.69, 9.17) is 0 Å². The molecule has 0 fully saturated rings. The summed E-state index contributed by atoms with van der Waals surface area (Å²) in [5, 5.41) is 26.3. The summed E-state index contributed by atoms with van der Waals surface area (Å²) in [5.74, 6) is -1.34. The molecule has 3 N–H and O–H groups in total. The van der Waals surface area contributed by atoms with Crippen LogP contribution in [0.2, 0.25) is 0 Å². The molecule has 0 aromatic heterocycles. The molecule has 0 spiro atoms. The van der Waals surface area contributed by atoms with E-state index in [1.807, 2.05) is 86.5 Å². The van der Waals surface area contributed by atoms with Gasteiger partial charge in [-0.1, -0.05) is 0 Å². The molecule has 0 saturated carbocycles. The number of hydrogen-bond donors (Lipinski definition) is 3. The van der Waals surface area contributed by atoms with Crippen molar-refractivity contribution in [3.63, 3.8) is 0 Å². The summed E-state index contributed by atoms with van der Waals surface area (Å²) in [6, 6.07) is 25.0. The van der Waals surface area contributed by atoms with Crippen LogP contribution in [0.3, 0.4) is 0 Å². The molecule has 14 nitrogen and oxygen atoms in total. The number of nitrogens with one attached hydrogen (secondary N) is 2. The van der Waals surface area contributed by atoms with Gasteiger partial charge in [0.1, 0.15) is 6.04 Å². The fraction of sp³-hybridized carbons (Fsp3) is 0.265. The van der Waals surface area contributed by atoms with Gasteiger partial charge in [0, 0.05) is 46.1 Å². The molecule has 16 heteroatoms. The normalized spacial score (nSPS) is 12.7. The number of nitrogens with zero attached hydrogens (tertiary/aromatic N) is 6. The van der Waals surface area contributed by atoms with E-state index < -0.39 is 32.1 Å². The molecule has 0 aliphatic carbocycles. The molecule has 4 aromatic rings. The minimum Gasteiger partial charge on any atom is -0.480 e. The molecule has 0 aliphatic heterocycles. The summed E-state index contributed by atoms with van der Waals surface area (Å²) in [6.07, 6.45) is 0.472. The number of rotatable bonds is 17. The molecule has 0 amide bonds. The Labute approximate surface area is 292 Å². The fourth-order valence-electron chi connectivity index (χ4n) is 4.50. The zero-order valence-electron chi connectivity index (χ0n) is 28.1. The number of azo groups is 2. The van der Waals surface area contributed by atoms with E-state index in [2.05, 4.69) is 29.9 Å². The summed E-state index contributed by atoms with van der Waals surface area (Å²) in [7, 11) is -0.270. The molecule has 1 unspecified atom stereocenters. The number of aliphatic carboxylic acids is 1. The molecule has 0 heterocycles. The van der Waals surface area contributed by atoms with Crippen molar-refractivity contribution in [1.82, 2.24) is 9.44 Å². The van der Waals surface area contributed by atoms with Gasteiger partial charge in [0.25, 0.3) is 0 Å². The molecule has 0 bridgehead atoms. The van der Waals surface area contributed by atoms with Crippen LogP contribution in [0, 0.1) is 0 Å². The Bertz CT molecular complexity index is 2000. The van der Waals surface area contributed by atoms with Crippen LogP contribution in [0.1, 0.15) is 19.3 Å². The Morgan fingerprint density at radius 1 is 0.600 bits per heavy atom. The number of hydrogen-bond acceptors (Lipinski definition) is 11. The van der Waals surface area contributed by atoms with Gasteiger partial charge in [0.2, 0.25) is 20.0 Å². The number of carboxylic acid groups (broad SMARTS) is 1. The van der Waals surface area contributed by atoms with Crippen LogP contribution in [-0.2, 0) is 24.8 Å². The van der Waals surface area contributed by atoms with Gasteiger partial charge in [-0.3, -0.25) is 4.79 Å². The molecular weight excluding hydrogens is 681 g/mol. The first-order valence-corrected chi connectivity index (χ1v) is 18.5. The van der Waals surface area contributed by atoms with Crippen molar-refractivity contribution in [3.8, 4) is 0 Å². The Balaban J connectivity index is 1.24. The lowest BCUT2D eigenvalue weighted by atomic mass is 10.1. The lowest BCUT2D eigenvalue weighted by Gasteiger charge is -2.15. The highest BCUT2D eigenvalue weighted by molar-refractivity contribution is 7.89. The van der Waals surface area contributed by atoms with Gasteiger partial charge >= 0.3 is 5.97 Å². The van der Waals surface area contributed by atoms with Crippen LogP contribution in [0.4, 0.5) is 34.1 Å². The van der Waals surface area contributed by atoms with E-state index in [1.54, 1.807) is 12.1 Å². The Kier molecular flexibility index (Phi) is 12.9. The van der Waals surface area contributed by atoms with E-state index in [0.29, 0.717) is 22.7 Å². The maximum Gasteiger partial charge on any atom is 0.321 e. The van der Waals surface area contributed by atoms with Gasteiger partial charge in [-0.2, -0.15) is 25.2 Å². The van der Waals surface area contributed by atoms with Crippen molar-refractivity contribution >= 4 is 60.1 Å². The second-order valence-corrected chi connectivity index (χ2v) is 15.1. The van der Waals surface area contributed by atoms with Gasteiger partial charge in [0.05, 0.1) is 32.5 Å². The smallest absolute Gasteiger partial charge is 0.321 e. The molecule has 4 rings (SSSR count). The molecule has 0 aliphatic rings. The number of carboxylic acids is 1. The first-order chi connectivity index (χ1) is 23.7. The number of sulfonamides is 2. The second-order valence-electron chi connectivity index (χ2n) is 11.6. The van der Waals surface area contributed by atoms with E-state index in [1.165, 1.54) is 36.4 Å². The lowest BCUT2D eigenvalue weighted by Crippen LogP contribution is -2.40. The van der Waals surface area contributed by atoms with E-state index >= 15 is 0 Å². The van der Waals surface area contributed by atoms with Gasteiger partial charge in [0.15, 0.2) is 0 Å². The summed E-state index contributed by atoms with van der Waals surface area (Å²) in [5.41, 5.74) is 4.21. The van der Waals surface area contributed by atoms with Crippen molar-refractivity contribution in [2.24, 2.45) is 20.5 Å². The maximum atomic E-state index is 12.9. The van der Waals surface area contributed by atoms with Crippen molar-refractivity contribution in [2.45, 2.75) is 35.1 Å². The summed E-state index contributed by atoms with van der Waals surface area (Å²) >= 11 is 0. The SMILES string of the molecule is CN(C)c1ccc(N=Nc2ccc(S(=O)(=O)NCCCCC(NS(=O)(=O)c3ccc(N=Nc4ccc(N(C)C)cc4)cc3)C(=O)O)cc2)cc1. The van der Waals surface area contributed by atoms with Crippen molar-refractivity contribution < 1.29 is 26.7 Å². The Morgan fingerprint density at radius 2 is 0.960 bits per heavy atom. The number of benzene rings is 4. The molecule has 50 heavy (non-hydrogen) atoms. The first-order valence-electron chi connectivity index (χ1n) is 15.6. The minimum atomic E-state index is -4.17. The molecule has 1 atom stereocenters. The van der Waals surface area contributed by atoms with Crippen molar-refractivity contribution in [2.75, 3.05) is 44.5 Å². The van der Waals surface area contributed by atoms with Crippen LogP contribution < -0.4 is 19.2 Å². The van der Waals surface area contributed by atoms with E-state index in [-0.39, 0.29) is 35.6 Å². The predicted octanol–water partition coefficient (Wildman–Crippen LogP) is 6.53. The van der Waals surface area contributed by atoms with Crippen LogP contribution in [0.25, 0.3) is 0 Å². The molecule has 0 radical (unpaired) electrons.